The third-order valence-corrected chi connectivity index (χ3v) is 4.70. The molecule has 27 heavy (non-hydrogen) atoms. The second kappa shape index (κ2) is 9.92. The van der Waals surface area contributed by atoms with Crippen LogP contribution in [-0.4, -0.2) is 44.2 Å². The van der Waals surface area contributed by atoms with Gasteiger partial charge < -0.3 is 20.3 Å². The van der Waals surface area contributed by atoms with Crippen molar-refractivity contribution in [1.82, 2.24) is 4.98 Å². The van der Waals surface area contributed by atoms with Crippen molar-refractivity contribution in [2.45, 2.75) is 25.7 Å². The summed E-state index contributed by atoms with van der Waals surface area (Å²) in [5, 5.41) is 6.16. The Morgan fingerprint density at radius 3 is 2.67 bits per heavy atom. The van der Waals surface area contributed by atoms with E-state index in [-0.39, 0.29) is 5.91 Å². The molecule has 1 aliphatic rings. The fourth-order valence-corrected chi connectivity index (χ4v) is 3.21. The normalized spacial score (nSPS) is 14.0. The van der Waals surface area contributed by atoms with E-state index in [2.05, 4.69) is 32.7 Å². The number of methoxy groups -OCH3 is 1. The van der Waals surface area contributed by atoms with Crippen molar-refractivity contribution in [3.05, 3.63) is 48.2 Å². The summed E-state index contributed by atoms with van der Waals surface area (Å²) < 4.78 is 5.03. The van der Waals surface area contributed by atoms with Crippen LogP contribution in [0.15, 0.2) is 42.6 Å². The SMILES string of the molecule is COCCCNc1cc(C(=O)Nc2ccc(N3CCCCC3)cc2)ccn1. The number of benzene rings is 1. The van der Waals surface area contributed by atoms with Crippen molar-refractivity contribution >= 4 is 23.1 Å². The summed E-state index contributed by atoms with van der Waals surface area (Å²) in [7, 11) is 1.68. The zero-order chi connectivity index (χ0) is 18.9. The molecule has 1 aromatic carbocycles. The van der Waals surface area contributed by atoms with E-state index in [1.165, 1.54) is 24.9 Å². The maximum absolute atomic E-state index is 12.5. The second-order valence-corrected chi connectivity index (χ2v) is 6.75. The molecule has 6 nitrogen and oxygen atoms in total. The summed E-state index contributed by atoms with van der Waals surface area (Å²) >= 11 is 0. The molecule has 1 amide bonds. The Kier molecular flexibility index (Phi) is 7.04. The van der Waals surface area contributed by atoms with Gasteiger partial charge in [-0.1, -0.05) is 0 Å². The molecule has 1 aromatic heterocycles. The van der Waals surface area contributed by atoms with Crippen molar-refractivity contribution < 1.29 is 9.53 Å². The minimum Gasteiger partial charge on any atom is -0.385 e. The standard InChI is InChI=1S/C21H28N4O2/c1-27-15-5-11-22-20-16-17(10-12-23-20)21(26)24-18-6-8-19(9-7-18)25-13-3-2-4-14-25/h6-10,12,16H,2-5,11,13-15H2,1H3,(H,22,23)(H,24,26). The van der Waals surface area contributed by atoms with Gasteiger partial charge in [0, 0.05) is 56.5 Å². The Bertz CT molecular complexity index is 727. The van der Waals surface area contributed by atoms with E-state index in [1.54, 1.807) is 25.4 Å². The minimum absolute atomic E-state index is 0.136. The summed E-state index contributed by atoms with van der Waals surface area (Å²) in [5.41, 5.74) is 2.60. The van der Waals surface area contributed by atoms with Crippen LogP contribution in [-0.2, 0) is 4.74 Å². The van der Waals surface area contributed by atoms with Crippen LogP contribution in [0.5, 0.6) is 0 Å². The first-order chi connectivity index (χ1) is 13.3. The van der Waals surface area contributed by atoms with Crippen LogP contribution >= 0.6 is 0 Å². The number of hydrogen-bond acceptors (Lipinski definition) is 5. The zero-order valence-electron chi connectivity index (χ0n) is 15.9. The quantitative estimate of drug-likeness (QED) is 0.694. The van der Waals surface area contributed by atoms with Gasteiger partial charge >= 0.3 is 0 Å². The molecule has 0 aliphatic carbocycles. The average molecular weight is 368 g/mol. The molecule has 0 spiro atoms. The van der Waals surface area contributed by atoms with Crippen molar-refractivity contribution in [1.29, 1.82) is 0 Å². The summed E-state index contributed by atoms with van der Waals surface area (Å²) in [6.07, 6.45) is 6.36. The Hall–Kier alpha value is -2.60. The second-order valence-electron chi connectivity index (χ2n) is 6.75. The lowest BCUT2D eigenvalue weighted by molar-refractivity contribution is 0.102. The number of aromatic nitrogens is 1. The minimum atomic E-state index is -0.136. The van der Waals surface area contributed by atoms with E-state index >= 15 is 0 Å². The number of piperidine rings is 1. The molecule has 1 saturated heterocycles. The number of nitrogens with one attached hydrogen (secondary N) is 2. The van der Waals surface area contributed by atoms with Crippen LogP contribution in [0, 0.1) is 0 Å². The van der Waals surface area contributed by atoms with E-state index in [0.29, 0.717) is 18.0 Å². The van der Waals surface area contributed by atoms with Gasteiger partial charge in [0.05, 0.1) is 0 Å². The van der Waals surface area contributed by atoms with E-state index in [1.807, 2.05) is 12.1 Å². The molecule has 0 atom stereocenters. The van der Waals surface area contributed by atoms with E-state index < -0.39 is 0 Å². The predicted molar refractivity (Wildman–Crippen MR) is 110 cm³/mol. The molecular weight excluding hydrogens is 340 g/mol. The van der Waals surface area contributed by atoms with Gasteiger partial charge in [-0.3, -0.25) is 4.79 Å². The molecule has 0 unspecified atom stereocenters. The predicted octanol–water partition coefficient (Wildman–Crippen LogP) is 3.77. The van der Waals surface area contributed by atoms with Gasteiger partial charge in [-0.2, -0.15) is 0 Å². The summed E-state index contributed by atoms with van der Waals surface area (Å²) in [6.45, 7) is 3.68. The molecule has 0 radical (unpaired) electrons. The molecule has 144 valence electrons. The van der Waals surface area contributed by atoms with Crippen LogP contribution in [0.4, 0.5) is 17.2 Å². The maximum atomic E-state index is 12.5. The molecule has 0 bridgehead atoms. The monoisotopic (exact) mass is 368 g/mol. The Balaban J connectivity index is 1.56. The largest absolute Gasteiger partial charge is 0.385 e. The fraction of sp³-hybridized carbons (Fsp3) is 0.429. The highest BCUT2D eigenvalue weighted by Gasteiger charge is 2.11. The highest BCUT2D eigenvalue weighted by atomic mass is 16.5. The number of carbonyl (C=O) groups is 1. The number of pyridine rings is 1. The molecule has 0 saturated carbocycles. The molecule has 6 heteroatoms. The van der Waals surface area contributed by atoms with Crippen LogP contribution < -0.4 is 15.5 Å². The van der Waals surface area contributed by atoms with Gasteiger partial charge in [0.25, 0.3) is 5.91 Å². The first kappa shape index (κ1) is 19.2. The highest BCUT2D eigenvalue weighted by molar-refractivity contribution is 6.04. The van der Waals surface area contributed by atoms with Crippen molar-refractivity contribution in [3.8, 4) is 0 Å². The number of amides is 1. The molecule has 3 rings (SSSR count). The first-order valence-corrected chi connectivity index (χ1v) is 9.61. The van der Waals surface area contributed by atoms with Gasteiger partial charge in [-0.25, -0.2) is 4.98 Å². The number of ether oxygens (including phenoxy) is 1. The molecule has 1 fully saturated rings. The lowest BCUT2D eigenvalue weighted by Gasteiger charge is -2.28. The number of anilines is 3. The third-order valence-electron chi connectivity index (χ3n) is 4.70. The summed E-state index contributed by atoms with van der Waals surface area (Å²) in [6, 6.07) is 11.6. The Labute approximate surface area is 160 Å². The highest BCUT2D eigenvalue weighted by Crippen LogP contribution is 2.22. The molecule has 2 N–H and O–H groups in total. The maximum Gasteiger partial charge on any atom is 0.255 e. The van der Waals surface area contributed by atoms with Crippen molar-refractivity contribution in [2.75, 3.05) is 48.9 Å². The van der Waals surface area contributed by atoms with Crippen molar-refractivity contribution in [3.63, 3.8) is 0 Å². The lowest BCUT2D eigenvalue weighted by Crippen LogP contribution is -2.29. The van der Waals surface area contributed by atoms with Gasteiger partial charge in [0.2, 0.25) is 0 Å². The fourth-order valence-electron chi connectivity index (χ4n) is 3.21. The Morgan fingerprint density at radius 2 is 1.93 bits per heavy atom. The average Bonchev–Trinajstić information content (AvgIpc) is 2.73. The van der Waals surface area contributed by atoms with E-state index in [0.717, 1.165) is 31.7 Å². The number of nitrogens with zero attached hydrogens (tertiary/aromatic N) is 2. The number of rotatable bonds is 8. The van der Waals surface area contributed by atoms with E-state index in [9.17, 15) is 4.79 Å². The summed E-state index contributed by atoms with van der Waals surface area (Å²) in [4.78, 5) is 19.2. The number of carbonyl (C=O) groups excluding carboxylic acids is 1. The molecule has 2 heterocycles. The van der Waals surface area contributed by atoms with Gasteiger partial charge in [-0.05, 0) is 62.1 Å². The lowest BCUT2D eigenvalue weighted by atomic mass is 10.1. The third kappa shape index (κ3) is 5.69. The summed E-state index contributed by atoms with van der Waals surface area (Å²) in [5.74, 6) is 0.558. The molecule has 1 aliphatic heterocycles. The van der Waals surface area contributed by atoms with E-state index in [4.69, 9.17) is 4.74 Å². The topological polar surface area (TPSA) is 66.5 Å². The van der Waals surface area contributed by atoms with Crippen LogP contribution in [0.25, 0.3) is 0 Å². The zero-order valence-corrected chi connectivity index (χ0v) is 15.9. The van der Waals surface area contributed by atoms with Crippen molar-refractivity contribution in [2.24, 2.45) is 0 Å². The Morgan fingerprint density at radius 1 is 1.15 bits per heavy atom. The van der Waals surface area contributed by atoms with Gasteiger partial charge in [0.1, 0.15) is 5.82 Å². The molecular formula is C21H28N4O2. The smallest absolute Gasteiger partial charge is 0.255 e. The van der Waals surface area contributed by atoms with Crippen LogP contribution in [0.2, 0.25) is 0 Å². The first-order valence-electron chi connectivity index (χ1n) is 9.61. The van der Waals surface area contributed by atoms with Gasteiger partial charge in [0.15, 0.2) is 0 Å². The molecule has 2 aromatic rings. The van der Waals surface area contributed by atoms with Crippen LogP contribution in [0.3, 0.4) is 0 Å². The van der Waals surface area contributed by atoms with Gasteiger partial charge in [-0.15, -0.1) is 0 Å². The number of hydrogen-bond donors (Lipinski definition) is 2. The van der Waals surface area contributed by atoms with Crippen LogP contribution in [0.1, 0.15) is 36.0 Å².